The minimum absolute atomic E-state index is 0.377. The Morgan fingerprint density at radius 1 is 1.05 bits per heavy atom. The van der Waals surface area contributed by atoms with Gasteiger partial charge in [-0.05, 0) is 16.7 Å². The zero-order chi connectivity index (χ0) is 13.4. The van der Waals surface area contributed by atoms with Gasteiger partial charge >= 0.3 is 0 Å². The molecule has 0 aliphatic heterocycles. The molecule has 0 bridgehead atoms. The summed E-state index contributed by atoms with van der Waals surface area (Å²) in [6, 6.07) is 14.8. The first-order valence-electron chi connectivity index (χ1n) is 6.41. The van der Waals surface area contributed by atoms with Gasteiger partial charge in [0.25, 0.3) is 0 Å². The Morgan fingerprint density at radius 2 is 1.79 bits per heavy atom. The molecular formula is C16H16N2S. The lowest BCUT2D eigenvalue weighted by molar-refractivity contribution is 0.837. The van der Waals surface area contributed by atoms with E-state index in [1.165, 1.54) is 21.2 Å². The van der Waals surface area contributed by atoms with E-state index in [-0.39, 0.29) is 0 Å². The molecule has 0 saturated heterocycles. The fourth-order valence-corrected chi connectivity index (χ4v) is 3.38. The number of nitrogen functional groups attached to an aromatic ring is 1. The molecule has 0 saturated carbocycles. The molecule has 3 heteroatoms. The molecule has 3 rings (SSSR count). The number of thiazole rings is 1. The number of hydrogen-bond donors (Lipinski definition) is 1. The molecule has 3 aromatic rings. The summed E-state index contributed by atoms with van der Waals surface area (Å²) in [5.74, 6) is 0.377. The third kappa shape index (κ3) is 2.10. The van der Waals surface area contributed by atoms with Crippen LogP contribution < -0.4 is 5.73 Å². The molecule has 96 valence electrons. The minimum atomic E-state index is 0.377. The van der Waals surface area contributed by atoms with Gasteiger partial charge in [0.1, 0.15) is 0 Å². The number of nitrogens with zero attached hydrogens (tertiary/aromatic N) is 1. The van der Waals surface area contributed by atoms with Gasteiger partial charge in [0.05, 0.1) is 10.6 Å². The van der Waals surface area contributed by atoms with Crippen molar-refractivity contribution >= 4 is 27.2 Å². The van der Waals surface area contributed by atoms with E-state index in [0.29, 0.717) is 11.0 Å². The van der Waals surface area contributed by atoms with Crippen LogP contribution in [-0.2, 0) is 0 Å². The molecule has 2 aromatic carbocycles. The van der Waals surface area contributed by atoms with Crippen molar-refractivity contribution in [2.45, 2.75) is 19.8 Å². The van der Waals surface area contributed by atoms with Crippen molar-refractivity contribution in [3.05, 3.63) is 48.2 Å². The largest absolute Gasteiger partial charge is 0.375 e. The minimum Gasteiger partial charge on any atom is -0.375 e. The van der Waals surface area contributed by atoms with E-state index in [0.717, 1.165) is 5.69 Å². The van der Waals surface area contributed by atoms with Crippen LogP contribution in [0.25, 0.3) is 21.2 Å². The second-order valence-electron chi connectivity index (χ2n) is 4.95. The van der Waals surface area contributed by atoms with Crippen LogP contribution in [0.1, 0.15) is 25.5 Å². The van der Waals surface area contributed by atoms with Crippen molar-refractivity contribution in [1.29, 1.82) is 0 Å². The van der Waals surface area contributed by atoms with E-state index >= 15 is 0 Å². The molecule has 0 amide bonds. The van der Waals surface area contributed by atoms with Crippen molar-refractivity contribution < 1.29 is 0 Å². The smallest absolute Gasteiger partial charge is 0.180 e. The lowest BCUT2D eigenvalue weighted by Crippen LogP contribution is -1.92. The van der Waals surface area contributed by atoms with Crippen molar-refractivity contribution in [2.75, 3.05) is 5.73 Å². The molecule has 0 spiro atoms. The highest BCUT2D eigenvalue weighted by molar-refractivity contribution is 7.19. The highest BCUT2D eigenvalue weighted by Gasteiger charge is 2.16. The molecule has 1 heterocycles. The number of anilines is 1. The quantitative estimate of drug-likeness (QED) is 0.733. The van der Waals surface area contributed by atoms with Crippen LogP contribution in [0.3, 0.4) is 0 Å². The van der Waals surface area contributed by atoms with Crippen molar-refractivity contribution in [1.82, 2.24) is 4.98 Å². The van der Waals surface area contributed by atoms with E-state index in [4.69, 9.17) is 5.73 Å². The molecule has 0 aliphatic carbocycles. The number of nitrogens with two attached hydrogens (primary N) is 1. The van der Waals surface area contributed by atoms with Crippen molar-refractivity contribution in [3.8, 4) is 10.4 Å². The summed E-state index contributed by atoms with van der Waals surface area (Å²) in [5, 5.41) is 3.16. The summed E-state index contributed by atoms with van der Waals surface area (Å²) >= 11 is 1.58. The number of hydrogen-bond acceptors (Lipinski definition) is 3. The van der Waals surface area contributed by atoms with Gasteiger partial charge in [0.2, 0.25) is 0 Å². The summed E-state index contributed by atoms with van der Waals surface area (Å²) in [6.45, 7) is 4.31. The summed E-state index contributed by atoms with van der Waals surface area (Å²) < 4.78 is 0. The second-order valence-corrected chi connectivity index (χ2v) is 5.98. The highest BCUT2D eigenvalue weighted by atomic mass is 32.1. The predicted octanol–water partition coefficient (Wildman–Crippen LogP) is 4.67. The molecule has 0 atom stereocenters. The predicted molar refractivity (Wildman–Crippen MR) is 83.6 cm³/mol. The van der Waals surface area contributed by atoms with E-state index in [9.17, 15) is 0 Å². The van der Waals surface area contributed by atoms with Gasteiger partial charge in [-0.1, -0.05) is 67.6 Å². The summed E-state index contributed by atoms with van der Waals surface area (Å²) in [5.41, 5.74) is 8.23. The molecule has 19 heavy (non-hydrogen) atoms. The van der Waals surface area contributed by atoms with Gasteiger partial charge in [-0.2, -0.15) is 0 Å². The topological polar surface area (TPSA) is 38.9 Å². The van der Waals surface area contributed by atoms with E-state index in [1.807, 2.05) is 0 Å². The first-order valence-corrected chi connectivity index (χ1v) is 7.23. The third-order valence-electron chi connectivity index (χ3n) is 3.25. The Labute approximate surface area is 116 Å². The third-order valence-corrected chi connectivity index (χ3v) is 4.18. The fraction of sp³-hybridized carbons (Fsp3) is 0.188. The van der Waals surface area contributed by atoms with Crippen molar-refractivity contribution in [3.63, 3.8) is 0 Å². The average Bonchev–Trinajstić information content (AvgIpc) is 2.80. The Hall–Kier alpha value is -1.87. The molecule has 2 nitrogen and oxygen atoms in total. The molecule has 2 N–H and O–H groups in total. The van der Waals surface area contributed by atoms with Crippen LogP contribution in [-0.4, -0.2) is 4.98 Å². The van der Waals surface area contributed by atoms with Crippen LogP contribution in [0.15, 0.2) is 42.5 Å². The van der Waals surface area contributed by atoms with E-state index in [2.05, 4.69) is 61.3 Å². The maximum atomic E-state index is 5.91. The summed E-state index contributed by atoms with van der Waals surface area (Å²) in [6.07, 6.45) is 0. The Bertz CT molecular complexity index is 723. The molecule has 0 unspecified atom stereocenters. The van der Waals surface area contributed by atoms with Crippen molar-refractivity contribution in [2.24, 2.45) is 0 Å². The van der Waals surface area contributed by atoms with Gasteiger partial charge in [0, 0.05) is 5.56 Å². The summed E-state index contributed by atoms with van der Waals surface area (Å²) in [4.78, 5) is 5.69. The first-order chi connectivity index (χ1) is 9.16. The average molecular weight is 268 g/mol. The molecule has 0 radical (unpaired) electrons. The first kappa shape index (κ1) is 12.2. The molecule has 0 fully saturated rings. The van der Waals surface area contributed by atoms with Gasteiger partial charge in [-0.15, -0.1) is 0 Å². The Kier molecular flexibility index (Phi) is 2.99. The molecule has 1 aromatic heterocycles. The fourth-order valence-electron chi connectivity index (χ4n) is 2.36. The number of aromatic nitrogens is 1. The van der Waals surface area contributed by atoms with Gasteiger partial charge < -0.3 is 5.73 Å². The lowest BCUT2D eigenvalue weighted by atomic mass is 10.00. The van der Waals surface area contributed by atoms with Gasteiger partial charge in [-0.25, -0.2) is 4.98 Å². The van der Waals surface area contributed by atoms with Crippen LogP contribution in [0.4, 0.5) is 5.13 Å². The van der Waals surface area contributed by atoms with Crippen LogP contribution in [0, 0.1) is 0 Å². The number of benzene rings is 2. The zero-order valence-electron chi connectivity index (χ0n) is 11.1. The van der Waals surface area contributed by atoms with Crippen LogP contribution in [0.2, 0.25) is 0 Å². The Balaban J connectivity index is 2.30. The van der Waals surface area contributed by atoms with Gasteiger partial charge in [-0.3, -0.25) is 0 Å². The van der Waals surface area contributed by atoms with Crippen LogP contribution in [0.5, 0.6) is 0 Å². The summed E-state index contributed by atoms with van der Waals surface area (Å²) in [7, 11) is 0. The monoisotopic (exact) mass is 268 g/mol. The highest BCUT2D eigenvalue weighted by Crippen LogP contribution is 2.38. The normalized spacial score (nSPS) is 11.3. The number of fused-ring (bicyclic) bond motifs is 1. The lowest BCUT2D eigenvalue weighted by Gasteiger charge is -2.08. The molecular weight excluding hydrogens is 252 g/mol. The zero-order valence-corrected chi connectivity index (χ0v) is 11.9. The maximum Gasteiger partial charge on any atom is 0.180 e. The van der Waals surface area contributed by atoms with Gasteiger partial charge in [0.15, 0.2) is 5.13 Å². The standard InChI is InChI=1S/C16H16N2S/c1-10(2)14-15(19-16(17)18-14)13-9-5-7-11-6-3-4-8-12(11)13/h3-10H,1-2H3,(H2,17,18). The van der Waals surface area contributed by atoms with E-state index < -0.39 is 0 Å². The molecule has 0 aliphatic rings. The SMILES string of the molecule is CC(C)c1nc(N)sc1-c1cccc2ccccc12. The Morgan fingerprint density at radius 3 is 2.58 bits per heavy atom. The van der Waals surface area contributed by atoms with E-state index in [1.54, 1.807) is 11.3 Å². The number of rotatable bonds is 2. The second kappa shape index (κ2) is 4.67. The van der Waals surface area contributed by atoms with Crippen LogP contribution >= 0.6 is 11.3 Å². The maximum absolute atomic E-state index is 5.91.